The summed E-state index contributed by atoms with van der Waals surface area (Å²) >= 11 is 6.28. The van der Waals surface area contributed by atoms with Crippen molar-refractivity contribution in [1.82, 2.24) is 0 Å². The summed E-state index contributed by atoms with van der Waals surface area (Å²) < 4.78 is 0. The van der Waals surface area contributed by atoms with Crippen molar-refractivity contribution in [2.24, 2.45) is 0 Å². The molecule has 0 bridgehead atoms. The molecule has 0 radical (unpaired) electrons. The van der Waals surface area contributed by atoms with Gasteiger partial charge in [-0.15, -0.1) is 0 Å². The zero-order valence-corrected chi connectivity index (χ0v) is 16.5. The van der Waals surface area contributed by atoms with E-state index < -0.39 is 0 Å². The monoisotopic (exact) mass is 392 g/mol. The summed E-state index contributed by atoms with van der Waals surface area (Å²) in [7, 11) is 0. The highest BCUT2D eigenvalue weighted by Gasteiger charge is 2.18. The van der Waals surface area contributed by atoms with E-state index in [2.05, 4.69) is 10.6 Å². The standard InChI is InChI=1S/C23H21ClN2O2/c1-15-6-10-18(11-7-15)25-21(27)14-17-4-3-5-20(24)22(17)23(28)26-19-12-8-16(2)9-13-19/h3-13H,14H2,1-2H3,(H,25,27)(H,26,28). The summed E-state index contributed by atoms with van der Waals surface area (Å²) in [4.78, 5) is 25.3. The van der Waals surface area contributed by atoms with Crippen LogP contribution in [0.2, 0.25) is 5.02 Å². The Morgan fingerprint density at radius 3 is 1.89 bits per heavy atom. The van der Waals surface area contributed by atoms with E-state index in [4.69, 9.17) is 11.6 Å². The minimum Gasteiger partial charge on any atom is -0.326 e. The first-order valence-corrected chi connectivity index (χ1v) is 9.32. The third-order valence-electron chi connectivity index (χ3n) is 4.32. The SMILES string of the molecule is Cc1ccc(NC(=O)Cc2cccc(Cl)c2C(=O)Nc2ccc(C)cc2)cc1. The number of carbonyl (C=O) groups is 2. The average molecular weight is 393 g/mol. The van der Waals surface area contributed by atoms with Gasteiger partial charge >= 0.3 is 0 Å². The van der Waals surface area contributed by atoms with Crippen LogP contribution in [-0.4, -0.2) is 11.8 Å². The average Bonchev–Trinajstić information content (AvgIpc) is 2.65. The Kier molecular flexibility index (Phi) is 6.12. The molecular weight excluding hydrogens is 372 g/mol. The van der Waals surface area contributed by atoms with E-state index in [1.165, 1.54) is 0 Å². The molecule has 2 amide bonds. The Morgan fingerprint density at radius 2 is 1.32 bits per heavy atom. The van der Waals surface area contributed by atoms with Crippen molar-refractivity contribution < 1.29 is 9.59 Å². The minimum absolute atomic E-state index is 0.0467. The van der Waals surface area contributed by atoms with E-state index in [1.54, 1.807) is 18.2 Å². The number of benzene rings is 3. The largest absolute Gasteiger partial charge is 0.326 e. The van der Waals surface area contributed by atoms with Gasteiger partial charge in [-0.2, -0.15) is 0 Å². The summed E-state index contributed by atoms with van der Waals surface area (Å²) in [6, 6.07) is 20.1. The maximum absolute atomic E-state index is 12.8. The molecule has 0 aliphatic heterocycles. The molecule has 4 nitrogen and oxygen atoms in total. The quantitative estimate of drug-likeness (QED) is 0.611. The third-order valence-corrected chi connectivity index (χ3v) is 4.64. The van der Waals surface area contributed by atoms with Crippen LogP contribution in [0.3, 0.4) is 0 Å². The van der Waals surface area contributed by atoms with Crippen molar-refractivity contribution in [3.63, 3.8) is 0 Å². The molecular formula is C23H21ClN2O2. The predicted molar refractivity (Wildman–Crippen MR) is 114 cm³/mol. The van der Waals surface area contributed by atoms with Gasteiger partial charge in [-0.3, -0.25) is 9.59 Å². The maximum Gasteiger partial charge on any atom is 0.257 e. The Morgan fingerprint density at radius 1 is 0.786 bits per heavy atom. The Labute approximate surface area is 169 Å². The van der Waals surface area contributed by atoms with Gasteiger partial charge in [-0.25, -0.2) is 0 Å². The lowest BCUT2D eigenvalue weighted by molar-refractivity contribution is -0.115. The molecule has 28 heavy (non-hydrogen) atoms. The van der Waals surface area contributed by atoms with Gasteiger partial charge in [-0.05, 0) is 49.7 Å². The van der Waals surface area contributed by atoms with Crippen LogP contribution >= 0.6 is 11.6 Å². The maximum atomic E-state index is 12.8. The first-order valence-electron chi connectivity index (χ1n) is 8.94. The molecule has 3 aromatic carbocycles. The van der Waals surface area contributed by atoms with Crippen LogP contribution in [0.1, 0.15) is 27.0 Å². The van der Waals surface area contributed by atoms with Crippen LogP contribution in [0.15, 0.2) is 66.7 Å². The smallest absolute Gasteiger partial charge is 0.257 e. The molecule has 3 aromatic rings. The van der Waals surface area contributed by atoms with Crippen molar-refractivity contribution in [3.05, 3.63) is 94.0 Å². The second kappa shape index (κ2) is 8.72. The molecule has 0 saturated carbocycles. The third kappa shape index (κ3) is 4.99. The number of hydrogen-bond acceptors (Lipinski definition) is 2. The van der Waals surface area contributed by atoms with E-state index in [0.29, 0.717) is 27.5 Å². The predicted octanol–water partition coefficient (Wildman–Crippen LogP) is 5.39. The van der Waals surface area contributed by atoms with Gasteiger partial charge in [-0.1, -0.05) is 59.1 Å². The van der Waals surface area contributed by atoms with Gasteiger partial charge in [0, 0.05) is 11.4 Å². The second-order valence-electron chi connectivity index (χ2n) is 6.69. The van der Waals surface area contributed by atoms with E-state index in [-0.39, 0.29) is 18.2 Å². The Bertz CT molecular complexity index is 996. The highest BCUT2D eigenvalue weighted by atomic mass is 35.5. The van der Waals surface area contributed by atoms with Crippen molar-refractivity contribution >= 4 is 34.8 Å². The number of halogens is 1. The molecule has 142 valence electrons. The van der Waals surface area contributed by atoms with Gasteiger partial charge in [0.1, 0.15) is 0 Å². The van der Waals surface area contributed by atoms with E-state index in [9.17, 15) is 9.59 Å². The van der Waals surface area contributed by atoms with Gasteiger partial charge in [0.25, 0.3) is 5.91 Å². The summed E-state index contributed by atoms with van der Waals surface area (Å²) in [5.41, 5.74) is 4.48. The van der Waals surface area contributed by atoms with E-state index in [1.807, 2.05) is 62.4 Å². The molecule has 0 aromatic heterocycles. The normalized spacial score (nSPS) is 10.4. The molecule has 0 fully saturated rings. The number of rotatable bonds is 5. The molecule has 3 rings (SSSR count). The zero-order chi connectivity index (χ0) is 20.1. The topological polar surface area (TPSA) is 58.2 Å². The first-order chi connectivity index (χ1) is 13.4. The molecule has 0 saturated heterocycles. The molecule has 0 atom stereocenters. The van der Waals surface area contributed by atoms with Crippen molar-refractivity contribution in [2.75, 3.05) is 10.6 Å². The Balaban J connectivity index is 1.77. The molecule has 5 heteroatoms. The van der Waals surface area contributed by atoms with Gasteiger partial charge < -0.3 is 10.6 Å². The summed E-state index contributed by atoms with van der Waals surface area (Å²) in [5.74, 6) is -0.553. The first kappa shape index (κ1) is 19.6. The highest BCUT2D eigenvalue weighted by molar-refractivity contribution is 6.34. The zero-order valence-electron chi connectivity index (χ0n) is 15.8. The number of amides is 2. The minimum atomic E-state index is -0.340. The lowest BCUT2D eigenvalue weighted by atomic mass is 10.0. The lowest BCUT2D eigenvalue weighted by Crippen LogP contribution is -2.19. The van der Waals surface area contributed by atoms with Gasteiger partial charge in [0.2, 0.25) is 5.91 Å². The molecule has 0 aliphatic carbocycles. The van der Waals surface area contributed by atoms with Crippen LogP contribution in [0.5, 0.6) is 0 Å². The van der Waals surface area contributed by atoms with Crippen LogP contribution in [0.4, 0.5) is 11.4 Å². The molecule has 0 aliphatic rings. The van der Waals surface area contributed by atoms with Crippen LogP contribution in [0, 0.1) is 13.8 Å². The lowest BCUT2D eigenvalue weighted by Gasteiger charge is -2.12. The summed E-state index contributed by atoms with van der Waals surface area (Å²) in [6.07, 6.45) is 0.0467. The Hall–Kier alpha value is -3.11. The number of carbonyl (C=O) groups excluding carboxylic acids is 2. The fraction of sp³-hybridized carbons (Fsp3) is 0.130. The summed E-state index contributed by atoms with van der Waals surface area (Å²) in [5, 5.41) is 6.00. The van der Waals surface area contributed by atoms with Gasteiger partial charge in [0.15, 0.2) is 0 Å². The van der Waals surface area contributed by atoms with E-state index in [0.717, 1.165) is 11.1 Å². The van der Waals surface area contributed by atoms with Crippen LogP contribution in [-0.2, 0) is 11.2 Å². The summed E-state index contributed by atoms with van der Waals surface area (Å²) in [6.45, 7) is 3.96. The second-order valence-corrected chi connectivity index (χ2v) is 7.09. The van der Waals surface area contributed by atoms with E-state index >= 15 is 0 Å². The van der Waals surface area contributed by atoms with Crippen molar-refractivity contribution in [2.45, 2.75) is 20.3 Å². The molecule has 2 N–H and O–H groups in total. The number of anilines is 2. The van der Waals surface area contributed by atoms with Gasteiger partial charge in [0.05, 0.1) is 17.0 Å². The number of aryl methyl sites for hydroxylation is 2. The van der Waals surface area contributed by atoms with Crippen LogP contribution < -0.4 is 10.6 Å². The fourth-order valence-corrected chi connectivity index (χ4v) is 3.10. The highest BCUT2D eigenvalue weighted by Crippen LogP contribution is 2.23. The molecule has 0 spiro atoms. The van der Waals surface area contributed by atoms with Crippen molar-refractivity contribution in [3.8, 4) is 0 Å². The molecule has 0 unspecified atom stereocenters. The number of hydrogen-bond donors (Lipinski definition) is 2. The fourth-order valence-electron chi connectivity index (χ4n) is 2.82. The molecule has 0 heterocycles. The van der Waals surface area contributed by atoms with Crippen LogP contribution in [0.25, 0.3) is 0 Å². The number of nitrogens with one attached hydrogen (secondary N) is 2. The van der Waals surface area contributed by atoms with Crippen molar-refractivity contribution in [1.29, 1.82) is 0 Å².